The molecule has 0 atom stereocenters. The van der Waals surface area contributed by atoms with E-state index in [0.717, 1.165) is 0 Å². The van der Waals surface area contributed by atoms with Crippen LogP contribution >= 0.6 is 0 Å². The summed E-state index contributed by atoms with van der Waals surface area (Å²) >= 11 is 0. The predicted octanol–water partition coefficient (Wildman–Crippen LogP) is 1.56. The van der Waals surface area contributed by atoms with E-state index in [1.54, 1.807) is 0 Å². The first-order chi connectivity index (χ1) is 3.45. The fourth-order valence-corrected chi connectivity index (χ4v) is 1.15. The molecule has 1 radical (unpaired) electrons. The Morgan fingerprint density at radius 1 is 0.875 bits per heavy atom. The molecule has 0 N–H and O–H groups in total. The van der Waals surface area contributed by atoms with Gasteiger partial charge in [-0.25, -0.2) is 0 Å². The Kier molecular flexibility index (Phi) is 2.05. The van der Waals surface area contributed by atoms with Gasteiger partial charge in [0.05, 0.1) is 0 Å². The van der Waals surface area contributed by atoms with Crippen LogP contribution in [0.4, 0.5) is 0 Å². The Morgan fingerprint density at radius 3 is 1.38 bits per heavy atom. The second-order valence-corrected chi connectivity index (χ2v) is 2.12. The number of rotatable bonds is 0. The van der Waals surface area contributed by atoms with E-state index < -0.39 is 0 Å². The molecule has 2 aliphatic rings. The van der Waals surface area contributed by atoms with Crippen LogP contribution in [-0.2, 0) is 32.7 Å². The van der Waals surface area contributed by atoms with Gasteiger partial charge in [0, 0.05) is 32.7 Å². The van der Waals surface area contributed by atoms with Gasteiger partial charge in [0.2, 0.25) is 0 Å². The van der Waals surface area contributed by atoms with Gasteiger partial charge in [0.1, 0.15) is 0 Å². The summed E-state index contributed by atoms with van der Waals surface area (Å²) in [5.41, 5.74) is 0. The minimum Gasteiger partial charge on any atom is -0.308 e. The second kappa shape index (κ2) is 2.45. The molecule has 1 heteroatoms. The number of hydrogen-bond donors (Lipinski definition) is 0. The van der Waals surface area contributed by atoms with Crippen LogP contribution in [0.5, 0.6) is 0 Å². The summed E-state index contributed by atoms with van der Waals surface area (Å²) in [7, 11) is 0. The van der Waals surface area contributed by atoms with Gasteiger partial charge in [0.25, 0.3) is 0 Å². The summed E-state index contributed by atoms with van der Waals surface area (Å²) in [6.07, 6.45) is 11.3. The molecule has 0 heterocycles. The van der Waals surface area contributed by atoms with Gasteiger partial charge in [-0.15, -0.1) is 36.1 Å². The summed E-state index contributed by atoms with van der Waals surface area (Å²) in [4.78, 5) is 0. The number of hydrogen-bond acceptors (Lipinski definition) is 0. The van der Waals surface area contributed by atoms with Gasteiger partial charge >= 0.3 is 0 Å². The molecule has 0 saturated heterocycles. The Hall–Kier alpha value is 0.584. The van der Waals surface area contributed by atoms with E-state index in [2.05, 4.69) is 30.7 Å². The summed E-state index contributed by atoms with van der Waals surface area (Å²) < 4.78 is 0. The quantitative estimate of drug-likeness (QED) is 0.392. The van der Waals surface area contributed by atoms with E-state index in [0.29, 0.717) is 11.8 Å². The van der Waals surface area contributed by atoms with Crippen LogP contribution in [0.3, 0.4) is 0 Å². The third-order valence-corrected chi connectivity index (χ3v) is 1.56. The molecule has 0 aromatic carbocycles. The fourth-order valence-electron chi connectivity index (χ4n) is 1.15. The number of fused-ring (bicyclic) bond motifs is 2. The average Bonchev–Trinajstić information content (AvgIpc) is 2.22. The molecule has 8 heavy (non-hydrogen) atoms. The molecule has 0 amide bonds. The smallest absolute Gasteiger partial charge is 0 e. The Bertz CT molecular complexity index is 107. The van der Waals surface area contributed by atoms with Gasteiger partial charge in [-0.2, -0.15) is 0 Å². The summed E-state index contributed by atoms with van der Waals surface area (Å²) in [6, 6.07) is 0. The molecule has 0 spiro atoms. The van der Waals surface area contributed by atoms with Crippen molar-refractivity contribution in [2.75, 3.05) is 0 Å². The molecule has 0 aromatic rings. The van der Waals surface area contributed by atoms with Crippen molar-refractivity contribution in [1.82, 2.24) is 0 Å². The maximum absolute atomic E-state index is 2.33. The van der Waals surface area contributed by atoms with Crippen LogP contribution in [0.15, 0.2) is 24.3 Å². The first-order valence-corrected chi connectivity index (χ1v) is 2.67. The van der Waals surface area contributed by atoms with Crippen LogP contribution in [0.25, 0.3) is 0 Å². The molecular formula is C7H7Y-. The van der Waals surface area contributed by atoms with Gasteiger partial charge in [-0.1, -0.05) is 0 Å². The van der Waals surface area contributed by atoms with E-state index in [-0.39, 0.29) is 32.7 Å². The van der Waals surface area contributed by atoms with E-state index in [9.17, 15) is 0 Å². The zero-order valence-electron chi connectivity index (χ0n) is 4.62. The summed E-state index contributed by atoms with van der Waals surface area (Å²) in [5, 5.41) is 0. The minimum atomic E-state index is 0. The van der Waals surface area contributed by atoms with Crippen molar-refractivity contribution in [3.05, 3.63) is 30.7 Å². The molecule has 0 unspecified atom stereocenters. The zero-order chi connectivity index (χ0) is 4.69. The van der Waals surface area contributed by atoms with Crippen molar-refractivity contribution >= 4 is 0 Å². The molecule has 2 rings (SSSR count). The summed E-state index contributed by atoms with van der Waals surface area (Å²) in [5.74, 6) is 1.37. The molecule has 0 aromatic heterocycles. The van der Waals surface area contributed by atoms with Crippen LogP contribution in [0.1, 0.15) is 0 Å². The van der Waals surface area contributed by atoms with Crippen molar-refractivity contribution in [1.29, 1.82) is 0 Å². The molecule has 0 fully saturated rings. The molecule has 0 nitrogen and oxygen atoms in total. The predicted molar refractivity (Wildman–Crippen MR) is 29.6 cm³/mol. The van der Waals surface area contributed by atoms with Gasteiger partial charge in [-0.05, 0) is 0 Å². The first-order valence-electron chi connectivity index (χ1n) is 2.67. The van der Waals surface area contributed by atoms with Crippen LogP contribution in [-0.4, -0.2) is 0 Å². The van der Waals surface area contributed by atoms with Crippen LogP contribution in [0.2, 0.25) is 0 Å². The fraction of sp³-hybridized carbons (Fsp3) is 0.286. The van der Waals surface area contributed by atoms with Crippen LogP contribution < -0.4 is 0 Å². The Balaban J connectivity index is 0.000000320. The van der Waals surface area contributed by atoms with Crippen molar-refractivity contribution in [3.63, 3.8) is 0 Å². The summed E-state index contributed by atoms with van der Waals surface area (Å²) in [6.45, 7) is 0. The van der Waals surface area contributed by atoms with Crippen molar-refractivity contribution < 1.29 is 32.7 Å². The topological polar surface area (TPSA) is 0 Å². The van der Waals surface area contributed by atoms with Crippen LogP contribution in [0, 0.1) is 18.3 Å². The zero-order valence-corrected chi connectivity index (χ0v) is 7.46. The van der Waals surface area contributed by atoms with E-state index >= 15 is 0 Å². The molecule has 39 valence electrons. The van der Waals surface area contributed by atoms with Gasteiger partial charge < -0.3 is 6.42 Å². The largest absolute Gasteiger partial charge is 0.308 e. The monoisotopic (exact) mass is 180 g/mol. The third kappa shape index (κ3) is 0.965. The molecule has 0 saturated carbocycles. The normalized spacial score (nSPS) is 38.0. The van der Waals surface area contributed by atoms with Gasteiger partial charge in [-0.3, -0.25) is 0 Å². The van der Waals surface area contributed by atoms with Crippen molar-refractivity contribution in [3.8, 4) is 0 Å². The maximum atomic E-state index is 2.33. The van der Waals surface area contributed by atoms with E-state index in [4.69, 9.17) is 0 Å². The minimum absolute atomic E-state index is 0. The second-order valence-electron chi connectivity index (χ2n) is 2.12. The first kappa shape index (κ1) is 6.70. The average molecular weight is 180 g/mol. The Labute approximate surface area is 74.9 Å². The third-order valence-electron chi connectivity index (χ3n) is 1.56. The van der Waals surface area contributed by atoms with E-state index in [1.165, 1.54) is 0 Å². The standard InChI is InChI=1S/C7H7.Y/c1-2-7-4-3-6(1)5-7;/h1-7H;/q-1;. The SMILES string of the molecule is C1=CC2C=CC1[CH-]2.[Y]. The van der Waals surface area contributed by atoms with Gasteiger partial charge in [0.15, 0.2) is 0 Å². The van der Waals surface area contributed by atoms with E-state index in [1.807, 2.05) is 0 Å². The Morgan fingerprint density at radius 2 is 1.25 bits per heavy atom. The maximum Gasteiger partial charge on any atom is 0 e. The van der Waals surface area contributed by atoms with Crippen molar-refractivity contribution in [2.24, 2.45) is 11.8 Å². The molecule has 2 aliphatic carbocycles. The van der Waals surface area contributed by atoms with Crippen molar-refractivity contribution in [2.45, 2.75) is 0 Å². The molecule has 0 aliphatic heterocycles. The molecule has 2 bridgehead atoms. The number of allylic oxidation sites excluding steroid dienone is 4. The molecular weight excluding hydrogens is 173 g/mol.